The predicted molar refractivity (Wildman–Crippen MR) is 165 cm³/mol. The van der Waals surface area contributed by atoms with E-state index >= 15 is 0 Å². The number of para-hydroxylation sites is 1. The zero-order valence-corrected chi connectivity index (χ0v) is 24.1. The van der Waals surface area contributed by atoms with Crippen molar-refractivity contribution in [1.82, 2.24) is 30.0 Å². The molecule has 0 unspecified atom stereocenters. The van der Waals surface area contributed by atoms with Gasteiger partial charge < -0.3 is 19.6 Å². The summed E-state index contributed by atoms with van der Waals surface area (Å²) in [6.07, 6.45) is 7.43. The molecular formula is C34H38N6O2. The van der Waals surface area contributed by atoms with Gasteiger partial charge in [0.15, 0.2) is 5.82 Å². The average Bonchev–Trinajstić information content (AvgIpc) is 3.63. The molecule has 216 valence electrons. The third-order valence-corrected chi connectivity index (χ3v) is 8.42. The molecule has 3 heterocycles. The number of H-pyrrole nitrogens is 1. The van der Waals surface area contributed by atoms with Crippen LogP contribution in [0.4, 0.5) is 0 Å². The van der Waals surface area contributed by atoms with Crippen molar-refractivity contribution in [3.63, 3.8) is 0 Å². The summed E-state index contributed by atoms with van der Waals surface area (Å²) >= 11 is 0. The molecule has 8 nitrogen and oxygen atoms in total. The molecule has 3 aromatic carbocycles. The van der Waals surface area contributed by atoms with Crippen LogP contribution in [-0.2, 0) is 30.6 Å². The van der Waals surface area contributed by atoms with Gasteiger partial charge in [-0.3, -0.25) is 9.69 Å². The molecule has 5 aromatic rings. The van der Waals surface area contributed by atoms with Crippen LogP contribution in [0.25, 0.3) is 10.9 Å². The van der Waals surface area contributed by atoms with Crippen LogP contribution in [-0.4, -0.2) is 57.3 Å². The van der Waals surface area contributed by atoms with Crippen LogP contribution in [0, 0.1) is 0 Å². The van der Waals surface area contributed by atoms with Crippen LogP contribution in [0.5, 0.6) is 5.75 Å². The molecule has 1 aliphatic heterocycles. The lowest BCUT2D eigenvalue weighted by molar-refractivity contribution is -0.110. The van der Waals surface area contributed by atoms with Gasteiger partial charge in [-0.1, -0.05) is 60.7 Å². The minimum absolute atomic E-state index is 0.00307. The highest BCUT2D eigenvalue weighted by atomic mass is 16.5. The summed E-state index contributed by atoms with van der Waals surface area (Å²) in [6, 6.07) is 27.4. The number of piperidine rings is 1. The SMILES string of the molecule is COc1ccc(Cn2c(CCc3ccccc3)nnc2[C@@H](Cc2c[nH]c3ccccc23)N2CCC[C@@H](NC=O)C2)cc1. The molecular weight excluding hydrogens is 524 g/mol. The molecule has 1 fully saturated rings. The summed E-state index contributed by atoms with van der Waals surface area (Å²) in [6.45, 7) is 2.39. The number of nitrogens with one attached hydrogen (secondary N) is 2. The Hall–Kier alpha value is -4.43. The Labute approximate surface area is 246 Å². The Balaban J connectivity index is 1.39. The largest absolute Gasteiger partial charge is 0.497 e. The van der Waals surface area contributed by atoms with Crippen molar-refractivity contribution in [3.8, 4) is 5.75 Å². The number of amides is 1. The van der Waals surface area contributed by atoms with Crippen molar-refractivity contribution >= 4 is 17.3 Å². The fourth-order valence-corrected chi connectivity index (χ4v) is 6.18. The summed E-state index contributed by atoms with van der Waals surface area (Å²) in [5.74, 6) is 2.78. The Kier molecular flexibility index (Phi) is 8.61. The molecule has 2 atom stereocenters. The van der Waals surface area contributed by atoms with Gasteiger partial charge in [-0.05, 0) is 67.1 Å². The fraction of sp³-hybridized carbons (Fsp3) is 0.324. The van der Waals surface area contributed by atoms with Crippen LogP contribution in [0.15, 0.2) is 85.1 Å². The number of likely N-dealkylation sites (tertiary alicyclic amines) is 1. The van der Waals surface area contributed by atoms with Crippen LogP contribution >= 0.6 is 0 Å². The van der Waals surface area contributed by atoms with Crippen LogP contribution in [0.3, 0.4) is 0 Å². The maximum atomic E-state index is 11.3. The third kappa shape index (κ3) is 6.24. The van der Waals surface area contributed by atoms with Gasteiger partial charge in [-0.2, -0.15) is 0 Å². The van der Waals surface area contributed by atoms with E-state index in [4.69, 9.17) is 14.9 Å². The highest BCUT2D eigenvalue weighted by Crippen LogP contribution is 2.31. The van der Waals surface area contributed by atoms with Crippen molar-refractivity contribution in [3.05, 3.63) is 113 Å². The first kappa shape index (κ1) is 27.7. The average molecular weight is 563 g/mol. The molecule has 0 saturated carbocycles. The monoisotopic (exact) mass is 562 g/mol. The second-order valence-corrected chi connectivity index (χ2v) is 11.1. The maximum absolute atomic E-state index is 11.3. The zero-order chi connectivity index (χ0) is 28.7. The minimum atomic E-state index is -0.00307. The van der Waals surface area contributed by atoms with E-state index in [1.165, 1.54) is 22.1 Å². The predicted octanol–water partition coefficient (Wildman–Crippen LogP) is 5.10. The lowest BCUT2D eigenvalue weighted by Crippen LogP contribution is -2.47. The molecule has 0 spiro atoms. The Bertz CT molecular complexity index is 1590. The topological polar surface area (TPSA) is 88.1 Å². The first-order valence-corrected chi connectivity index (χ1v) is 14.8. The Morgan fingerprint density at radius 1 is 1.00 bits per heavy atom. The number of benzene rings is 3. The van der Waals surface area contributed by atoms with Gasteiger partial charge in [0.2, 0.25) is 6.41 Å². The molecule has 1 saturated heterocycles. The minimum Gasteiger partial charge on any atom is -0.497 e. The van der Waals surface area contributed by atoms with E-state index < -0.39 is 0 Å². The number of rotatable bonds is 12. The first-order valence-electron chi connectivity index (χ1n) is 14.8. The summed E-state index contributed by atoms with van der Waals surface area (Å²) in [5.41, 5.74) is 4.84. The molecule has 42 heavy (non-hydrogen) atoms. The Morgan fingerprint density at radius 3 is 2.62 bits per heavy atom. The van der Waals surface area contributed by atoms with Crippen molar-refractivity contribution in [2.45, 2.75) is 50.7 Å². The van der Waals surface area contributed by atoms with E-state index in [1.807, 2.05) is 12.1 Å². The van der Waals surface area contributed by atoms with Crippen molar-refractivity contribution in [2.24, 2.45) is 0 Å². The molecule has 6 rings (SSSR count). The van der Waals surface area contributed by atoms with Gasteiger partial charge in [0, 0.05) is 36.1 Å². The highest BCUT2D eigenvalue weighted by molar-refractivity contribution is 5.83. The second kappa shape index (κ2) is 13.0. The number of fused-ring (bicyclic) bond motifs is 1. The summed E-state index contributed by atoms with van der Waals surface area (Å²) in [4.78, 5) is 17.3. The van der Waals surface area contributed by atoms with Gasteiger partial charge >= 0.3 is 0 Å². The number of hydrogen-bond acceptors (Lipinski definition) is 5. The Morgan fingerprint density at radius 2 is 1.81 bits per heavy atom. The molecule has 1 amide bonds. The van der Waals surface area contributed by atoms with Crippen molar-refractivity contribution in [2.75, 3.05) is 20.2 Å². The molecule has 0 aliphatic carbocycles. The van der Waals surface area contributed by atoms with Gasteiger partial charge in [-0.15, -0.1) is 10.2 Å². The smallest absolute Gasteiger partial charge is 0.207 e. The van der Waals surface area contributed by atoms with Crippen LogP contribution in [0.2, 0.25) is 0 Å². The normalized spacial score (nSPS) is 16.4. The summed E-state index contributed by atoms with van der Waals surface area (Å²) in [5, 5.41) is 14.0. The molecule has 0 bridgehead atoms. The number of ether oxygens (including phenoxy) is 1. The van der Waals surface area contributed by atoms with Gasteiger partial charge in [0.1, 0.15) is 11.6 Å². The molecule has 8 heteroatoms. The van der Waals surface area contributed by atoms with Crippen molar-refractivity contribution in [1.29, 1.82) is 0 Å². The number of nitrogens with zero attached hydrogens (tertiary/aromatic N) is 4. The quantitative estimate of drug-likeness (QED) is 0.207. The third-order valence-electron chi connectivity index (χ3n) is 8.42. The van der Waals surface area contributed by atoms with E-state index in [9.17, 15) is 4.79 Å². The van der Waals surface area contributed by atoms with Crippen LogP contribution in [0.1, 0.15) is 47.2 Å². The fourth-order valence-electron chi connectivity index (χ4n) is 6.18. The first-order chi connectivity index (χ1) is 20.7. The van der Waals surface area contributed by atoms with Crippen LogP contribution < -0.4 is 10.1 Å². The number of carbonyl (C=O) groups is 1. The number of carbonyl (C=O) groups excluding carboxylic acids is 1. The number of aromatic amines is 1. The number of methoxy groups -OCH3 is 1. The van der Waals surface area contributed by atoms with E-state index in [1.54, 1.807) is 7.11 Å². The number of hydrogen-bond donors (Lipinski definition) is 2. The van der Waals surface area contributed by atoms with E-state index in [-0.39, 0.29) is 12.1 Å². The summed E-state index contributed by atoms with van der Waals surface area (Å²) in [7, 11) is 1.69. The number of aryl methyl sites for hydroxylation is 2. The lowest BCUT2D eigenvalue weighted by Gasteiger charge is -2.38. The highest BCUT2D eigenvalue weighted by Gasteiger charge is 2.32. The standard InChI is InChI=1S/C34H38N6O2/c1-42-29-16-13-26(14-17-29)22-40-33(18-15-25-8-3-2-4-9-25)37-38-34(40)32(39-19-7-10-28(23-39)36-24-41)20-27-21-35-31-12-6-5-11-30(27)31/h2-6,8-9,11-14,16-17,21,24,28,32,35H,7,10,15,18-20,22-23H2,1H3,(H,36,41)/t28-,32-/m1/s1. The zero-order valence-electron chi connectivity index (χ0n) is 24.1. The second-order valence-electron chi connectivity index (χ2n) is 11.1. The van der Waals surface area contributed by atoms with E-state index in [2.05, 4.69) is 92.7 Å². The summed E-state index contributed by atoms with van der Waals surface area (Å²) < 4.78 is 7.73. The lowest BCUT2D eigenvalue weighted by atomic mass is 9.98. The van der Waals surface area contributed by atoms with E-state index in [0.29, 0.717) is 6.54 Å². The maximum Gasteiger partial charge on any atom is 0.207 e. The van der Waals surface area contributed by atoms with Gasteiger partial charge in [-0.25, -0.2) is 0 Å². The molecule has 1 aliphatic rings. The number of aromatic nitrogens is 4. The van der Waals surface area contributed by atoms with E-state index in [0.717, 1.165) is 74.5 Å². The molecule has 0 radical (unpaired) electrons. The molecule has 2 N–H and O–H groups in total. The molecule has 2 aromatic heterocycles. The van der Waals surface area contributed by atoms with Crippen molar-refractivity contribution < 1.29 is 9.53 Å². The van der Waals surface area contributed by atoms with Gasteiger partial charge in [0.05, 0.1) is 19.7 Å². The van der Waals surface area contributed by atoms with Gasteiger partial charge in [0.25, 0.3) is 0 Å².